The highest BCUT2D eigenvalue weighted by Crippen LogP contribution is 2.06. The standard InChI is InChI=1S/C19H22N2O4/c20-21-11-19(22)25-18(14-23-12-16-7-3-1-4-8-16)15-24-13-17-9-5-2-6-10-17/h1-10,18,20H,11-15H2. The minimum atomic E-state index is -0.563. The summed E-state index contributed by atoms with van der Waals surface area (Å²) in [4.78, 5) is 11.6. The molecule has 6 heteroatoms. The molecule has 0 aliphatic carbocycles. The third-order valence-corrected chi connectivity index (χ3v) is 3.34. The number of carbonyl (C=O) groups excluding carboxylic acids is 1. The molecule has 0 aliphatic rings. The lowest BCUT2D eigenvalue weighted by Gasteiger charge is -2.18. The van der Waals surface area contributed by atoms with Gasteiger partial charge in [0, 0.05) is 0 Å². The van der Waals surface area contributed by atoms with Crippen LogP contribution in [0.25, 0.3) is 0 Å². The Morgan fingerprint density at radius 1 is 0.880 bits per heavy atom. The molecule has 6 nitrogen and oxygen atoms in total. The van der Waals surface area contributed by atoms with E-state index in [9.17, 15) is 4.79 Å². The van der Waals surface area contributed by atoms with Gasteiger partial charge in [0.25, 0.3) is 0 Å². The molecule has 2 rings (SSSR count). The summed E-state index contributed by atoms with van der Waals surface area (Å²) in [5.41, 5.74) is 8.82. The zero-order chi connectivity index (χ0) is 17.7. The Bertz CT molecular complexity index is 589. The zero-order valence-electron chi connectivity index (χ0n) is 14.0. The van der Waals surface area contributed by atoms with Crippen molar-refractivity contribution in [3.05, 3.63) is 71.8 Å². The van der Waals surface area contributed by atoms with Crippen molar-refractivity contribution < 1.29 is 19.0 Å². The summed E-state index contributed by atoms with van der Waals surface area (Å²) in [7, 11) is 0. The van der Waals surface area contributed by atoms with E-state index in [2.05, 4.69) is 5.11 Å². The van der Waals surface area contributed by atoms with Gasteiger partial charge in [-0.1, -0.05) is 60.7 Å². The fourth-order valence-corrected chi connectivity index (χ4v) is 2.17. The van der Waals surface area contributed by atoms with E-state index in [0.29, 0.717) is 13.2 Å². The smallest absolute Gasteiger partial charge is 0.330 e. The van der Waals surface area contributed by atoms with Crippen LogP contribution in [0.5, 0.6) is 0 Å². The van der Waals surface area contributed by atoms with Crippen molar-refractivity contribution >= 4 is 5.97 Å². The van der Waals surface area contributed by atoms with Gasteiger partial charge >= 0.3 is 5.97 Å². The van der Waals surface area contributed by atoms with Gasteiger partial charge in [-0.25, -0.2) is 10.3 Å². The molecule has 25 heavy (non-hydrogen) atoms. The van der Waals surface area contributed by atoms with Crippen LogP contribution in [0.2, 0.25) is 0 Å². The molecule has 132 valence electrons. The molecule has 2 aromatic rings. The van der Waals surface area contributed by atoms with Crippen LogP contribution in [0.1, 0.15) is 11.1 Å². The van der Waals surface area contributed by atoms with Crippen molar-refractivity contribution in [2.45, 2.75) is 19.3 Å². The molecule has 0 aromatic heterocycles. The van der Waals surface area contributed by atoms with Crippen molar-refractivity contribution in [1.82, 2.24) is 0 Å². The number of benzene rings is 2. The molecule has 0 atom stereocenters. The van der Waals surface area contributed by atoms with Crippen LogP contribution in [0, 0.1) is 5.53 Å². The van der Waals surface area contributed by atoms with Gasteiger partial charge in [0.1, 0.15) is 6.10 Å². The van der Waals surface area contributed by atoms with Crippen LogP contribution in [-0.2, 0) is 32.2 Å². The first-order valence-electron chi connectivity index (χ1n) is 8.04. The van der Waals surface area contributed by atoms with Gasteiger partial charge in [0.05, 0.1) is 26.4 Å². The normalized spacial score (nSPS) is 10.6. The number of ether oxygens (including phenoxy) is 3. The monoisotopic (exact) mass is 342 g/mol. The fraction of sp³-hybridized carbons (Fsp3) is 0.316. The molecule has 0 spiro atoms. The van der Waals surface area contributed by atoms with Crippen LogP contribution >= 0.6 is 0 Å². The molecule has 0 saturated heterocycles. The van der Waals surface area contributed by atoms with Gasteiger partial charge in [-0.3, -0.25) is 0 Å². The summed E-state index contributed by atoms with van der Waals surface area (Å²) >= 11 is 0. The number of hydrogen-bond acceptors (Lipinski definition) is 6. The first-order valence-corrected chi connectivity index (χ1v) is 8.04. The van der Waals surface area contributed by atoms with Crippen LogP contribution in [0.4, 0.5) is 0 Å². The van der Waals surface area contributed by atoms with Crippen LogP contribution < -0.4 is 0 Å². The summed E-state index contributed by atoms with van der Waals surface area (Å²) < 4.78 is 16.5. The predicted molar refractivity (Wildman–Crippen MR) is 92.1 cm³/mol. The number of esters is 1. The Morgan fingerprint density at radius 2 is 1.36 bits per heavy atom. The molecule has 0 aliphatic heterocycles. The highest BCUT2D eigenvalue weighted by Gasteiger charge is 2.15. The maximum absolute atomic E-state index is 11.6. The summed E-state index contributed by atoms with van der Waals surface area (Å²) in [6.45, 7) is 0.988. The summed E-state index contributed by atoms with van der Waals surface area (Å²) in [5, 5.41) is 3.04. The molecule has 1 N–H and O–H groups in total. The Kier molecular flexibility index (Phi) is 8.31. The second-order valence-electron chi connectivity index (χ2n) is 5.43. The van der Waals surface area contributed by atoms with Gasteiger partial charge in [-0.05, 0) is 11.1 Å². The molecule has 0 heterocycles. The maximum atomic E-state index is 11.6. The Hall–Kier alpha value is -2.57. The second kappa shape index (κ2) is 11.1. The zero-order valence-corrected chi connectivity index (χ0v) is 14.0. The number of nitrogens with zero attached hydrogens (tertiary/aromatic N) is 1. The molecular weight excluding hydrogens is 320 g/mol. The van der Waals surface area contributed by atoms with E-state index in [1.165, 1.54) is 0 Å². The van der Waals surface area contributed by atoms with Crippen LogP contribution in [0.3, 0.4) is 0 Å². The van der Waals surface area contributed by atoms with Gasteiger partial charge < -0.3 is 14.2 Å². The topological polar surface area (TPSA) is 81.0 Å². The summed E-state index contributed by atoms with van der Waals surface area (Å²) in [5.74, 6) is -0.563. The van der Waals surface area contributed by atoms with Gasteiger partial charge in [-0.2, -0.15) is 5.11 Å². The molecule has 0 bridgehead atoms. The molecule has 0 amide bonds. The Balaban J connectivity index is 1.79. The van der Waals surface area contributed by atoms with Gasteiger partial charge in [-0.15, -0.1) is 0 Å². The highest BCUT2D eigenvalue weighted by atomic mass is 16.6. The molecule has 0 unspecified atom stereocenters. The lowest BCUT2D eigenvalue weighted by atomic mass is 10.2. The number of hydrogen-bond donors (Lipinski definition) is 1. The van der Waals surface area contributed by atoms with E-state index in [-0.39, 0.29) is 19.8 Å². The SMILES string of the molecule is N=NCC(=O)OC(COCc1ccccc1)COCc1ccccc1. The summed E-state index contributed by atoms with van der Waals surface area (Å²) in [6, 6.07) is 19.5. The van der Waals surface area contributed by atoms with Crippen molar-refractivity contribution in [2.24, 2.45) is 5.11 Å². The minimum absolute atomic E-state index is 0.216. The lowest BCUT2D eigenvalue weighted by molar-refractivity contribution is -0.155. The van der Waals surface area contributed by atoms with Crippen molar-refractivity contribution in [3.8, 4) is 0 Å². The molecular formula is C19H22N2O4. The Labute approximate surface area is 147 Å². The van der Waals surface area contributed by atoms with Gasteiger partial charge in [0.2, 0.25) is 0 Å². The van der Waals surface area contributed by atoms with Gasteiger partial charge in [0.15, 0.2) is 6.54 Å². The van der Waals surface area contributed by atoms with Crippen molar-refractivity contribution in [1.29, 1.82) is 5.53 Å². The van der Waals surface area contributed by atoms with E-state index in [4.69, 9.17) is 19.7 Å². The second-order valence-corrected chi connectivity index (χ2v) is 5.43. The lowest BCUT2D eigenvalue weighted by Crippen LogP contribution is -2.29. The van der Waals surface area contributed by atoms with Crippen molar-refractivity contribution in [3.63, 3.8) is 0 Å². The first-order chi connectivity index (χ1) is 12.3. The molecule has 2 aromatic carbocycles. The van der Waals surface area contributed by atoms with E-state index < -0.39 is 12.1 Å². The maximum Gasteiger partial charge on any atom is 0.330 e. The fourth-order valence-electron chi connectivity index (χ4n) is 2.17. The average Bonchev–Trinajstić information content (AvgIpc) is 2.63. The Morgan fingerprint density at radius 3 is 1.80 bits per heavy atom. The van der Waals surface area contributed by atoms with Crippen LogP contribution in [0.15, 0.2) is 65.8 Å². The molecule has 0 fully saturated rings. The third-order valence-electron chi connectivity index (χ3n) is 3.34. The van der Waals surface area contributed by atoms with E-state index >= 15 is 0 Å². The minimum Gasteiger partial charge on any atom is -0.456 e. The number of rotatable bonds is 11. The first kappa shape index (κ1) is 18.8. The quantitative estimate of drug-likeness (QED) is 0.501. The largest absolute Gasteiger partial charge is 0.456 e. The van der Waals surface area contributed by atoms with E-state index in [1.54, 1.807) is 0 Å². The number of nitrogens with one attached hydrogen (secondary N) is 1. The highest BCUT2D eigenvalue weighted by molar-refractivity contribution is 5.71. The van der Waals surface area contributed by atoms with E-state index in [0.717, 1.165) is 11.1 Å². The summed E-state index contributed by atoms with van der Waals surface area (Å²) in [6.07, 6.45) is -0.540. The number of carbonyl (C=O) groups is 1. The molecule has 0 saturated carbocycles. The third kappa shape index (κ3) is 7.69. The molecule has 0 radical (unpaired) electrons. The average molecular weight is 342 g/mol. The van der Waals surface area contributed by atoms with Crippen LogP contribution in [-0.4, -0.2) is 31.8 Å². The van der Waals surface area contributed by atoms with Crippen molar-refractivity contribution in [2.75, 3.05) is 19.8 Å². The van der Waals surface area contributed by atoms with E-state index in [1.807, 2.05) is 60.7 Å². The predicted octanol–water partition coefficient (Wildman–Crippen LogP) is 3.36.